The van der Waals surface area contributed by atoms with E-state index in [9.17, 15) is 9.59 Å². The average Bonchev–Trinajstić information content (AvgIpc) is 3.17. The Labute approximate surface area is 168 Å². The van der Waals surface area contributed by atoms with E-state index in [4.69, 9.17) is 0 Å². The van der Waals surface area contributed by atoms with E-state index >= 15 is 0 Å². The molecule has 1 aromatic rings. The van der Waals surface area contributed by atoms with Gasteiger partial charge in [0.15, 0.2) is 0 Å². The molecule has 28 heavy (non-hydrogen) atoms. The summed E-state index contributed by atoms with van der Waals surface area (Å²) < 4.78 is 0. The number of benzene rings is 1. The van der Waals surface area contributed by atoms with Crippen molar-refractivity contribution in [2.45, 2.75) is 70.4 Å². The molecule has 1 aliphatic heterocycles. The van der Waals surface area contributed by atoms with Crippen LogP contribution in [0.1, 0.15) is 69.9 Å². The molecule has 1 N–H and O–H groups in total. The normalized spacial score (nSPS) is 37.1. The van der Waals surface area contributed by atoms with Gasteiger partial charge in [-0.15, -0.1) is 0 Å². The maximum Gasteiger partial charge on any atom is 0.243 e. The highest BCUT2D eigenvalue weighted by Crippen LogP contribution is 2.60. The predicted octanol–water partition coefficient (Wildman–Crippen LogP) is 4.07. The van der Waals surface area contributed by atoms with Crippen molar-refractivity contribution in [3.63, 3.8) is 0 Å². The monoisotopic (exact) mass is 380 g/mol. The van der Waals surface area contributed by atoms with Gasteiger partial charge in [0.25, 0.3) is 0 Å². The standard InChI is InChI=1S/C24H32N2O2/c1-16(20-6-3-2-4-7-20)25-22(27)21-8-5-9-26(21)23(28)24-13-17-10-18(14-24)12-19(11-17)15-24/h2-4,6-7,16-19,21H,5,8-15H2,1H3,(H,25,27). The SMILES string of the molecule is CC(NC(=O)C1CCCN1C(=O)C12CC3CC(CC(C3)C1)C2)c1ccccc1. The third-order valence-electron chi connectivity index (χ3n) is 7.97. The summed E-state index contributed by atoms with van der Waals surface area (Å²) in [5.74, 6) is 2.58. The number of rotatable bonds is 4. The van der Waals surface area contributed by atoms with Crippen LogP contribution < -0.4 is 5.32 Å². The fraction of sp³-hybridized carbons (Fsp3) is 0.667. The van der Waals surface area contributed by atoms with Crippen molar-refractivity contribution in [3.8, 4) is 0 Å². The number of amides is 2. The number of hydrogen-bond donors (Lipinski definition) is 1. The van der Waals surface area contributed by atoms with E-state index < -0.39 is 0 Å². The number of hydrogen-bond acceptors (Lipinski definition) is 2. The molecule has 1 heterocycles. The molecule has 4 heteroatoms. The fourth-order valence-electron chi connectivity index (χ4n) is 7.09. The second-order valence-electron chi connectivity index (χ2n) is 10.00. The lowest BCUT2D eigenvalue weighted by Crippen LogP contribution is -2.57. The number of nitrogens with one attached hydrogen (secondary N) is 1. The lowest BCUT2D eigenvalue weighted by Gasteiger charge is -2.56. The van der Waals surface area contributed by atoms with Gasteiger partial charge in [-0.05, 0) is 81.6 Å². The number of carbonyl (C=O) groups is 2. The Morgan fingerprint density at radius 3 is 2.25 bits per heavy atom. The van der Waals surface area contributed by atoms with Crippen LogP contribution in [0.25, 0.3) is 0 Å². The first kappa shape index (κ1) is 18.2. The number of nitrogens with zero attached hydrogens (tertiary/aromatic N) is 1. The maximum absolute atomic E-state index is 13.7. The topological polar surface area (TPSA) is 49.4 Å². The molecule has 4 saturated carbocycles. The van der Waals surface area contributed by atoms with Gasteiger partial charge in [0.1, 0.15) is 6.04 Å². The van der Waals surface area contributed by atoms with Crippen molar-refractivity contribution >= 4 is 11.8 Å². The van der Waals surface area contributed by atoms with Gasteiger partial charge >= 0.3 is 0 Å². The Bertz CT molecular complexity index is 724. The molecule has 2 unspecified atom stereocenters. The summed E-state index contributed by atoms with van der Waals surface area (Å²) in [6, 6.07) is 9.74. The summed E-state index contributed by atoms with van der Waals surface area (Å²) in [4.78, 5) is 28.7. The van der Waals surface area contributed by atoms with E-state index in [-0.39, 0.29) is 23.4 Å². The summed E-state index contributed by atoms with van der Waals surface area (Å²) in [6.07, 6.45) is 8.97. The Morgan fingerprint density at radius 1 is 1.04 bits per heavy atom. The second-order valence-corrected chi connectivity index (χ2v) is 10.00. The van der Waals surface area contributed by atoms with Crippen molar-refractivity contribution in [1.82, 2.24) is 10.2 Å². The lowest BCUT2D eigenvalue weighted by atomic mass is 9.49. The van der Waals surface area contributed by atoms with E-state index in [1.807, 2.05) is 42.2 Å². The van der Waals surface area contributed by atoms with Crippen LogP contribution in [-0.2, 0) is 9.59 Å². The highest BCUT2D eigenvalue weighted by Gasteiger charge is 2.56. The van der Waals surface area contributed by atoms with Crippen molar-refractivity contribution in [3.05, 3.63) is 35.9 Å². The third-order valence-corrected chi connectivity index (χ3v) is 7.97. The number of likely N-dealkylation sites (tertiary alicyclic amines) is 1. The van der Waals surface area contributed by atoms with Gasteiger partial charge in [0.2, 0.25) is 11.8 Å². The molecular formula is C24H32N2O2. The molecule has 0 aromatic heterocycles. The quantitative estimate of drug-likeness (QED) is 0.856. The summed E-state index contributed by atoms with van der Waals surface area (Å²) in [5, 5.41) is 3.16. The summed E-state index contributed by atoms with van der Waals surface area (Å²) in [6.45, 7) is 2.77. The van der Waals surface area contributed by atoms with Gasteiger partial charge in [-0.3, -0.25) is 9.59 Å². The van der Waals surface area contributed by atoms with E-state index in [1.165, 1.54) is 19.3 Å². The van der Waals surface area contributed by atoms with Gasteiger partial charge in [-0.2, -0.15) is 0 Å². The number of carbonyl (C=O) groups excluding carboxylic acids is 2. The highest BCUT2D eigenvalue weighted by molar-refractivity contribution is 5.91. The maximum atomic E-state index is 13.7. The Hall–Kier alpha value is -1.84. The second kappa shape index (κ2) is 6.89. The van der Waals surface area contributed by atoms with Crippen LogP contribution in [0, 0.1) is 23.2 Å². The molecule has 150 valence electrons. The minimum Gasteiger partial charge on any atom is -0.348 e. The van der Waals surface area contributed by atoms with Gasteiger partial charge in [0.05, 0.1) is 11.5 Å². The minimum absolute atomic E-state index is 0.0203. The zero-order valence-electron chi connectivity index (χ0n) is 16.9. The van der Waals surface area contributed by atoms with Crippen LogP contribution in [-0.4, -0.2) is 29.3 Å². The van der Waals surface area contributed by atoms with Crippen LogP contribution >= 0.6 is 0 Å². The van der Waals surface area contributed by atoms with Gasteiger partial charge in [-0.25, -0.2) is 0 Å². The first-order chi connectivity index (χ1) is 13.5. The molecular weight excluding hydrogens is 348 g/mol. The van der Waals surface area contributed by atoms with E-state index in [0.29, 0.717) is 5.91 Å². The van der Waals surface area contributed by atoms with Crippen molar-refractivity contribution < 1.29 is 9.59 Å². The predicted molar refractivity (Wildman–Crippen MR) is 108 cm³/mol. The van der Waals surface area contributed by atoms with Crippen molar-refractivity contribution in [2.75, 3.05) is 6.54 Å². The highest BCUT2D eigenvalue weighted by atomic mass is 16.2. The van der Waals surface area contributed by atoms with Gasteiger partial charge in [0, 0.05) is 6.54 Å². The van der Waals surface area contributed by atoms with Crippen molar-refractivity contribution in [1.29, 1.82) is 0 Å². The molecule has 4 bridgehead atoms. The Balaban J connectivity index is 1.30. The first-order valence-corrected chi connectivity index (χ1v) is 11.2. The van der Waals surface area contributed by atoms with Gasteiger partial charge in [-0.1, -0.05) is 30.3 Å². The molecule has 2 amide bonds. The van der Waals surface area contributed by atoms with Crippen LogP contribution in [0.15, 0.2) is 30.3 Å². The molecule has 4 aliphatic carbocycles. The summed E-state index contributed by atoms with van der Waals surface area (Å²) in [5.41, 5.74) is 0.954. The molecule has 4 nitrogen and oxygen atoms in total. The lowest BCUT2D eigenvalue weighted by molar-refractivity contribution is -0.160. The molecule has 2 atom stereocenters. The van der Waals surface area contributed by atoms with E-state index in [2.05, 4.69) is 5.32 Å². The smallest absolute Gasteiger partial charge is 0.243 e. The van der Waals surface area contributed by atoms with Crippen LogP contribution in [0.4, 0.5) is 0 Å². The average molecular weight is 381 g/mol. The zero-order chi connectivity index (χ0) is 19.3. The molecule has 0 radical (unpaired) electrons. The summed E-state index contributed by atoms with van der Waals surface area (Å²) in [7, 11) is 0. The van der Waals surface area contributed by atoms with Crippen LogP contribution in [0.5, 0.6) is 0 Å². The third kappa shape index (κ3) is 3.05. The van der Waals surface area contributed by atoms with E-state index in [0.717, 1.165) is 62.0 Å². The molecule has 0 spiro atoms. The fourth-order valence-corrected chi connectivity index (χ4v) is 7.09. The molecule has 1 aromatic carbocycles. The molecule has 5 aliphatic rings. The van der Waals surface area contributed by atoms with Crippen LogP contribution in [0.2, 0.25) is 0 Å². The Morgan fingerprint density at radius 2 is 1.64 bits per heavy atom. The summed E-state index contributed by atoms with van der Waals surface area (Å²) >= 11 is 0. The van der Waals surface area contributed by atoms with Crippen LogP contribution in [0.3, 0.4) is 0 Å². The zero-order valence-corrected chi connectivity index (χ0v) is 16.9. The molecule has 6 rings (SSSR count). The van der Waals surface area contributed by atoms with Gasteiger partial charge < -0.3 is 10.2 Å². The first-order valence-electron chi connectivity index (χ1n) is 11.2. The molecule has 5 fully saturated rings. The largest absolute Gasteiger partial charge is 0.348 e. The van der Waals surface area contributed by atoms with E-state index in [1.54, 1.807) is 0 Å². The Kier molecular flexibility index (Phi) is 4.48. The minimum atomic E-state index is -0.285. The van der Waals surface area contributed by atoms with Crippen molar-refractivity contribution in [2.24, 2.45) is 23.2 Å². The molecule has 1 saturated heterocycles.